The topological polar surface area (TPSA) is 65.1 Å². The van der Waals surface area contributed by atoms with E-state index in [9.17, 15) is 9.59 Å². The van der Waals surface area contributed by atoms with Crippen LogP contribution in [0.3, 0.4) is 0 Å². The third-order valence-electron chi connectivity index (χ3n) is 4.49. The van der Waals surface area contributed by atoms with E-state index in [4.69, 9.17) is 14.2 Å². The molecule has 2 aromatic rings. The lowest BCUT2D eigenvalue weighted by atomic mass is 10.1. The van der Waals surface area contributed by atoms with Gasteiger partial charge in [-0.15, -0.1) is 0 Å². The highest BCUT2D eigenvalue weighted by Gasteiger charge is 2.24. The number of benzene rings is 2. The van der Waals surface area contributed by atoms with Crippen molar-refractivity contribution < 1.29 is 23.8 Å². The van der Waals surface area contributed by atoms with Crippen molar-refractivity contribution in [3.05, 3.63) is 59.2 Å². The van der Waals surface area contributed by atoms with Crippen LogP contribution in [0.25, 0.3) is 6.08 Å². The second-order valence-electron chi connectivity index (χ2n) is 6.02. The quantitative estimate of drug-likeness (QED) is 0.600. The normalized spacial score (nSPS) is 12.8. The van der Waals surface area contributed by atoms with Gasteiger partial charge < -0.3 is 19.1 Å². The number of carbonyl (C=O) groups is 2. The first-order valence-electron chi connectivity index (χ1n) is 8.50. The fraction of sp³-hybridized carbons (Fsp3) is 0.238. The number of hydrogen-bond donors (Lipinski definition) is 0. The van der Waals surface area contributed by atoms with Crippen LogP contribution in [-0.4, -0.2) is 39.8 Å². The van der Waals surface area contributed by atoms with Crippen LogP contribution < -0.4 is 14.4 Å². The summed E-state index contributed by atoms with van der Waals surface area (Å²) >= 11 is 0. The Labute approximate surface area is 158 Å². The molecule has 6 nitrogen and oxygen atoms in total. The average Bonchev–Trinajstić information content (AvgIpc) is 3.14. The number of fused-ring (bicyclic) bond motifs is 1. The highest BCUT2D eigenvalue weighted by atomic mass is 16.5. The maximum Gasteiger partial charge on any atom is 0.337 e. The first-order valence-corrected chi connectivity index (χ1v) is 8.50. The van der Waals surface area contributed by atoms with Gasteiger partial charge in [0.1, 0.15) is 0 Å². The fourth-order valence-electron chi connectivity index (χ4n) is 3.09. The highest BCUT2D eigenvalue weighted by molar-refractivity contribution is 6.05. The molecule has 1 aliphatic heterocycles. The molecule has 0 bridgehead atoms. The van der Waals surface area contributed by atoms with Crippen molar-refractivity contribution in [1.29, 1.82) is 0 Å². The fourth-order valence-corrected chi connectivity index (χ4v) is 3.09. The Morgan fingerprint density at radius 1 is 1.00 bits per heavy atom. The van der Waals surface area contributed by atoms with E-state index < -0.39 is 0 Å². The molecule has 3 rings (SSSR count). The van der Waals surface area contributed by atoms with Gasteiger partial charge in [0.25, 0.3) is 5.91 Å². The predicted molar refractivity (Wildman–Crippen MR) is 102 cm³/mol. The van der Waals surface area contributed by atoms with Crippen molar-refractivity contribution in [3.63, 3.8) is 0 Å². The summed E-state index contributed by atoms with van der Waals surface area (Å²) in [6.07, 6.45) is 3.98. The molecule has 1 amide bonds. The summed E-state index contributed by atoms with van der Waals surface area (Å²) in [6.45, 7) is 0.578. The second-order valence-corrected chi connectivity index (χ2v) is 6.02. The number of rotatable bonds is 5. The molecule has 0 aliphatic carbocycles. The van der Waals surface area contributed by atoms with Crippen LogP contribution >= 0.6 is 0 Å². The lowest BCUT2D eigenvalue weighted by Gasteiger charge is -2.15. The lowest BCUT2D eigenvalue weighted by molar-refractivity contribution is -0.114. The Morgan fingerprint density at radius 3 is 2.48 bits per heavy atom. The molecule has 0 unspecified atom stereocenters. The van der Waals surface area contributed by atoms with Crippen molar-refractivity contribution in [3.8, 4) is 11.5 Å². The average molecular weight is 367 g/mol. The summed E-state index contributed by atoms with van der Waals surface area (Å²) in [4.78, 5) is 26.0. The molecule has 0 aromatic heterocycles. The molecule has 2 aromatic carbocycles. The van der Waals surface area contributed by atoms with Gasteiger partial charge in [0.2, 0.25) is 0 Å². The third kappa shape index (κ3) is 3.79. The van der Waals surface area contributed by atoms with Crippen LogP contribution in [-0.2, 0) is 16.0 Å². The Morgan fingerprint density at radius 2 is 1.78 bits per heavy atom. The minimum atomic E-state index is -0.379. The molecule has 0 radical (unpaired) electrons. The molecule has 0 fully saturated rings. The van der Waals surface area contributed by atoms with Crippen molar-refractivity contribution in [2.75, 3.05) is 32.8 Å². The lowest BCUT2D eigenvalue weighted by Crippen LogP contribution is -2.26. The van der Waals surface area contributed by atoms with Gasteiger partial charge in [-0.3, -0.25) is 4.79 Å². The summed E-state index contributed by atoms with van der Waals surface area (Å²) in [5.74, 6) is 0.745. The number of hydrogen-bond acceptors (Lipinski definition) is 5. The molecule has 0 spiro atoms. The molecule has 0 atom stereocenters. The van der Waals surface area contributed by atoms with Crippen molar-refractivity contribution in [2.24, 2.45) is 0 Å². The van der Waals surface area contributed by atoms with E-state index in [1.54, 1.807) is 49.5 Å². The molecule has 0 N–H and O–H groups in total. The Hall–Kier alpha value is -3.28. The number of esters is 1. The SMILES string of the molecule is COC(=O)c1ccc2c(c1)CCN2C(=O)/C=C/c1ccc(OC)c(OC)c1. The van der Waals surface area contributed by atoms with E-state index in [1.807, 2.05) is 12.1 Å². The van der Waals surface area contributed by atoms with Crippen LogP contribution in [0.4, 0.5) is 5.69 Å². The maximum absolute atomic E-state index is 12.6. The third-order valence-corrected chi connectivity index (χ3v) is 4.49. The van der Waals surface area contributed by atoms with E-state index in [0.717, 1.165) is 16.8 Å². The first-order chi connectivity index (χ1) is 13.1. The molecule has 1 heterocycles. The minimum Gasteiger partial charge on any atom is -0.493 e. The van der Waals surface area contributed by atoms with Crippen LogP contribution in [0.15, 0.2) is 42.5 Å². The van der Waals surface area contributed by atoms with Crippen LogP contribution in [0.1, 0.15) is 21.5 Å². The van der Waals surface area contributed by atoms with Gasteiger partial charge in [-0.1, -0.05) is 6.07 Å². The standard InChI is InChI=1S/C21H21NO5/c1-25-18-8-4-14(12-19(18)26-2)5-9-20(23)22-11-10-15-13-16(21(24)27-3)6-7-17(15)22/h4-9,12-13H,10-11H2,1-3H3/b9-5+. The molecule has 6 heteroatoms. The molecular weight excluding hydrogens is 346 g/mol. The molecule has 0 saturated heterocycles. The predicted octanol–water partition coefficient (Wildman–Crippen LogP) is 3.09. The van der Waals surface area contributed by atoms with E-state index in [-0.39, 0.29) is 11.9 Å². The summed E-state index contributed by atoms with van der Waals surface area (Å²) in [5.41, 5.74) is 3.11. The van der Waals surface area contributed by atoms with E-state index in [2.05, 4.69) is 0 Å². The van der Waals surface area contributed by atoms with E-state index in [1.165, 1.54) is 13.2 Å². The van der Waals surface area contributed by atoms with E-state index >= 15 is 0 Å². The van der Waals surface area contributed by atoms with Gasteiger partial charge in [0, 0.05) is 18.3 Å². The van der Waals surface area contributed by atoms with Crippen LogP contribution in [0.5, 0.6) is 11.5 Å². The number of ether oxygens (including phenoxy) is 3. The number of amides is 1. The zero-order chi connectivity index (χ0) is 19.4. The summed E-state index contributed by atoms with van der Waals surface area (Å²) < 4.78 is 15.2. The van der Waals surface area contributed by atoms with Crippen molar-refractivity contribution >= 4 is 23.6 Å². The smallest absolute Gasteiger partial charge is 0.337 e. The Bertz CT molecular complexity index is 903. The first kappa shape index (κ1) is 18.5. The Kier molecular flexibility index (Phi) is 5.45. The minimum absolute atomic E-state index is 0.116. The van der Waals surface area contributed by atoms with Gasteiger partial charge >= 0.3 is 5.97 Å². The van der Waals surface area contributed by atoms with Crippen molar-refractivity contribution in [2.45, 2.75) is 6.42 Å². The maximum atomic E-state index is 12.6. The summed E-state index contributed by atoms with van der Waals surface area (Å²) in [7, 11) is 4.50. The largest absolute Gasteiger partial charge is 0.493 e. The molecular formula is C21H21NO5. The number of carbonyl (C=O) groups excluding carboxylic acids is 2. The van der Waals surface area contributed by atoms with Gasteiger partial charge in [0.15, 0.2) is 11.5 Å². The molecule has 1 aliphatic rings. The van der Waals surface area contributed by atoms with Crippen LogP contribution in [0.2, 0.25) is 0 Å². The van der Waals surface area contributed by atoms with Gasteiger partial charge in [-0.05, 0) is 54.0 Å². The van der Waals surface area contributed by atoms with E-state index in [0.29, 0.717) is 30.0 Å². The molecule has 27 heavy (non-hydrogen) atoms. The van der Waals surface area contributed by atoms with Gasteiger partial charge in [-0.2, -0.15) is 0 Å². The Balaban J connectivity index is 1.77. The zero-order valence-corrected chi connectivity index (χ0v) is 15.5. The molecule has 0 saturated carbocycles. The number of methoxy groups -OCH3 is 3. The number of nitrogens with zero attached hydrogens (tertiary/aromatic N) is 1. The summed E-state index contributed by atoms with van der Waals surface area (Å²) in [6, 6.07) is 10.7. The highest BCUT2D eigenvalue weighted by Crippen LogP contribution is 2.30. The molecule has 140 valence electrons. The van der Waals surface area contributed by atoms with Crippen LogP contribution in [0, 0.1) is 0 Å². The summed E-state index contributed by atoms with van der Waals surface area (Å²) in [5, 5.41) is 0. The van der Waals surface area contributed by atoms with Gasteiger partial charge in [-0.25, -0.2) is 4.79 Å². The monoisotopic (exact) mass is 367 g/mol. The zero-order valence-electron chi connectivity index (χ0n) is 15.5. The van der Waals surface area contributed by atoms with Gasteiger partial charge in [0.05, 0.1) is 26.9 Å². The van der Waals surface area contributed by atoms with Crippen molar-refractivity contribution in [1.82, 2.24) is 0 Å². The second kappa shape index (κ2) is 7.95. The number of anilines is 1.